The van der Waals surface area contributed by atoms with Crippen LogP contribution >= 0.6 is 0 Å². The number of nitro groups is 1. The molecule has 1 heterocycles. The average Bonchev–Trinajstić information content (AvgIpc) is 2.74. The highest BCUT2D eigenvalue weighted by Gasteiger charge is 2.25. The first-order chi connectivity index (χ1) is 14.1. The van der Waals surface area contributed by atoms with Gasteiger partial charge in [0.05, 0.1) is 37.6 Å². The Morgan fingerprint density at radius 1 is 0.862 bits per heavy atom. The highest BCUT2D eigenvalue weighted by Crippen LogP contribution is 2.38. The molecule has 3 aromatic rings. The van der Waals surface area contributed by atoms with Crippen LogP contribution in [0.2, 0.25) is 0 Å². The molecule has 2 N–H and O–H groups in total. The number of anilines is 4. The summed E-state index contributed by atoms with van der Waals surface area (Å²) in [5, 5.41) is 17.7. The van der Waals surface area contributed by atoms with E-state index in [9.17, 15) is 10.1 Å². The standard InChI is InChI=1S/C19H19N5O5/c1-27-12-8-9-16(29-3)14(10-12)23-19-17(24(25)26)18(20-11-21-19)22-13-6-4-5-7-15(13)28-2/h4-11H,1-3H3,(H2,20,21,22,23). The van der Waals surface area contributed by atoms with Gasteiger partial charge in [-0.1, -0.05) is 12.1 Å². The number of para-hydroxylation sites is 2. The quantitative estimate of drug-likeness (QED) is 0.430. The topological polar surface area (TPSA) is 121 Å². The summed E-state index contributed by atoms with van der Waals surface area (Å²) in [6.07, 6.45) is 1.22. The molecule has 0 spiro atoms. The van der Waals surface area contributed by atoms with Crippen molar-refractivity contribution in [3.8, 4) is 17.2 Å². The second-order valence-electron chi connectivity index (χ2n) is 5.69. The zero-order chi connectivity index (χ0) is 20.8. The third kappa shape index (κ3) is 4.26. The molecule has 10 nitrogen and oxygen atoms in total. The molecule has 0 fully saturated rings. The Balaban J connectivity index is 2.03. The molecule has 0 aliphatic heterocycles. The number of rotatable bonds is 8. The Hall–Kier alpha value is -4.08. The summed E-state index contributed by atoms with van der Waals surface area (Å²) in [5.74, 6) is 1.55. The van der Waals surface area contributed by atoms with Crippen molar-refractivity contribution < 1.29 is 19.1 Å². The minimum absolute atomic E-state index is 0.00560. The summed E-state index contributed by atoms with van der Waals surface area (Å²) in [4.78, 5) is 19.3. The lowest BCUT2D eigenvalue weighted by Gasteiger charge is -2.14. The average molecular weight is 397 g/mol. The summed E-state index contributed by atoms with van der Waals surface area (Å²) in [7, 11) is 4.53. The maximum absolute atomic E-state index is 11.8. The first-order valence-electron chi connectivity index (χ1n) is 8.45. The molecule has 0 amide bonds. The van der Waals surface area contributed by atoms with E-state index in [1.54, 1.807) is 42.5 Å². The number of nitrogens with zero attached hydrogens (tertiary/aromatic N) is 3. The van der Waals surface area contributed by atoms with Gasteiger partial charge < -0.3 is 24.8 Å². The number of ether oxygens (including phenoxy) is 3. The van der Waals surface area contributed by atoms with Crippen LogP contribution in [-0.2, 0) is 0 Å². The van der Waals surface area contributed by atoms with Gasteiger partial charge in [0.1, 0.15) is 23.6 Å². The highest BCUT2D eigenvalue weighted by atomic mass is 16.6. The zero-order valence-electron chi connectivity index (χ0n) is 16.0. The Kier molecular flexibility index (Phi) is 5.93. The van der Waals surface area contributed by atoms with Crippen LogP contribution in [0.1, 0.15) is 0 Å². The van der Waals surface area contributed by atoms with Crippen LogP contribution < -0.4 is 24.8 Å². The fourth-order valence-corrected chi connectivity index (χ4v) is 2.65. The van der Waals surface area contributed by atoms with Gasteiger partial charge in [0.2, 0.25) is 11.6 Å². The zero-order valence-corrected chi connectivity index (χ0v) is 16.0. The van der Waals surface area contributed by atoms with Gasteiger partial charge in [-0.3, -0.25) is 10.1 Å². The fourth-order valence-electron chi connectivity index (χ4n) is 2.65. The van der Waals surface area contributed by atoms with Crippen molar-refractivity contribution in [3.05, 3.63) is 58.9 Å². The number of benzene rings is 2. The molecule has 29 heavy (non-hydrogen) atoms. The molecular formula is C19H19N5O5. The van der Waals surface area contributed by atoms with Crippen molar-refractivity contribution in [1.82, 2.24) is 9.97 Å². The van der Waals surface area contributed by atoms with Crippen LogP contribution in [0.25, 0.3) is 0 Å². The van der Waals surface area contributed by atoms with Gasteiger partial charge in [-0.2, -0.15) is 0 Å². The molecule has 2 aromatic carbocycles. The van der Waals surface area contributed by atoms with Crippen LogP contribution in [0.15, 0.2) is 48.8 Å². The first kappa shape index (κ1) is 19.7. The van der Waals surface area contributed by atoms with E-state index < -0.39 is 4.92 Å². The smallest absolute Gasteiger partial charge is 0.353 e. The summed E-state index contributed by atoms with van der Waals surface area (Å²) < 4.78 is 15.8. The normalized spacial score (nSPS) is 10.2. The van der Waals surface area contributed by atoms with Crippen molar-refractivity contribution in [2.45, 2.75) is 0 Å². The molecule has 0 saturated carbocycles. The van der Waals surface area contributed by atoms with Crippen LogP contribution in [0, 0.1) is 10.1 Å². The predicted octanol–water partition coefficient (Wildman–Crippen LogP) is 3.90. The van der Waals surface area contributed by atoms with Gasteiger partial charge in [-0.25, -0.2) is 9.97 Å². The van der Waals surface area contributed by atoms with Crippen molar-refractivity contribution in [2.75, 3.05) is 32.0 Å². The molecule has 0 aliphatic carbocycles. The van der Waals surface area contributed by atoms with Gasteiger partial charge in [-0.15, -0.1) is 0 Å². The van der Waals surface area contributed by atoms with Crippen LogP contribution in [0.3, 0.4) is 0 Å². The third-order valence-electron chi connectivity index (χ3n) is 4.02. The van der Waals surface area contributed by atoms with E-state index in [0.717, 1.165) is 0 Å². The number of hydrogen-bond acceptors (Lipinski definition) is 9. The number of nitrogens with one attached hydrogen (secondary N) is 2. The largest absolute Gasteiger partial charge is 0.497 e. The molecular weight excluding hydrogens is 378 g/mol. The highest BCUT2D eigenvalue weighted by molar-refractivity contribution is 5.79. The van der Waals surface area contributed by atoms with Gasteiger partial charge in [0.25, 0.3) is 0 Å². The predicted molar refractivity (Wildman–Crippen MR) is 108 cm³/mol. The lowest BCUT2D eigenvalue weighted by atomic mass is 10.2. The molecule has 0 bridgehead atoms. The summed E-state index contributed by atoms with van der Waals surface area (Å²) in [6.45, 7) is 0. The van der Waals surface area contributed by atoms with E-state index in [2.05, 4.69) is 20.6 Å². The van der Waals surface area contributed by atoms with Gasteiger partial charge in [0, 0.05) is 6.07 Å². The fraction of sp³-hybridized carbons (Fsp3) is 0.158. The maximum atomic E-state index is 11.8. The van der Waals surface area contributed by atoms with E-state index in [1.807, 2.05) is 0 Å². The summed E-state index contributed by atoms with van der Waals surface area (Å²) in [6, 6.07) is 12.1. The van der Waals surface area contributed by atoms with Crippen molar-refractivity contribution >= 4 is 28.7 Å². The Bertz CT molecular complexity index is 1030. The van der Waals surface area contributed by atoms with Gasteiger partial charge in [0.15, 0.2) is 0 Å². The van der Waals surface area contributed by atoms with E-state index >= 15 is 0 Å². The third-order valence-corrected chi connectivity index (χ3v) is 4.02. The van der Waals surface area contributed by atoms with Crippen molar-refractivity contribution in [2.24, 2.45) is 0 Å². The Morgan fingerprint density at radius 3 is 2.10 bits per heavy atom. The summed E-state index contributed by atoms with van der Waals surface area (Å²) >= 11 is 0. The molecule has 0 atom stereocenters. The second-order valence-corrected chi connectivity index (χ2v) is 5.69. The maximum Gasteiger partial charge on any atom is 0.353 e. The SMILES string of the molecule is COc1ccc(OC)c(Nc2ncnc(Nc3ccccc3OC)c2[N+](=O)[O-])c1. The summed E-state index contributed by atoms with van der Waals surface area (Å²) in [5.41, 5.74) is 0.655. The lowest BCUT2D eigenvalue weighted by Crippen LogP contribution is -2.06. The van der Waals surface area contributed by atoms with Crippen molar-refractivity contribution in [3.63, 3.8) is 0 Å². The molecule has 0 radical (unpaired) electrons. The van der Waals surface area contributed by atoms with Crippen LogP contribution in [0.5, 0.6) is 17.2 Å². The van der Waals surface area contributed by atoms with E-state index in [-0.39, 0.29) is 17.3 Å². The number of aromatic nitrogens is 2. The molecule has 150 valence electrons. The number of hydrogen-bond donors (Lipinski definition) is 2. The minimum atomic E-state index is -0.563. The molecule has 0 aliphatic rings. The minimum Gasteiger partial charge on any atom is -0.497 e. The number of methoxy groups -OCH3 is 3. The van der Waals surface area contributed by atoms with Crippen molar-refractivity contribution in [1.29, 1.82) is 0 Å². The Morgan fingerprint density at radius 2 is 1.48 bits per heavy atom. The lowest BCUT2D eigenvalue weighted by molar-refractivity contribution is -0.383. The van der Waals surface area contributed by atoms with E-state index in [0.29, 0.717) is 28.6 Å². The molecule has 0 unspecified atom stereocenters. The molecule has 1 aromatic heterocycles. The van der Waals surface area contributed by atoms with E-state index in [4.69, 9.17) is 14.2 Å². The second kappa shape index (κ2) is 8.74. The first-order valence-corrected chi connectivity index (χ1v) is 8.45. The monoisotopic (exact) mass is 397 g/mol. The van der Waals surface area contributed by atoms with Crippen LogP contribution in [-0.4, -0.2) is 36.2 Å². The molecule has 0 saturated heterocycles. The molecule has 10 heteroatoms. The van der Waals surface area contributed by atoms with E-state index in [1.165, 1.54) is 27.7 Å². The van der Waals surface area contributed by atoms with Gasteiger partial charge in [-0.05, 0) is 24.3 Å². The van der Waals surface area contributed by atoms with Gasteiger partial charge >= 0.3 is 5.69 Å². The molecule has 3 rings (SSSR count). The Labute approximate surface area is 166 Å². The van der Waals surface area contributed by atoms with Crippen LogP contribution in [0.4, 0.5) is 28.7 Å².